The number of aldehydes is 1. The Morgan fingerprint density at radius 2 is 1.83 bits per heavy atom. The number of hydrogen-bond acceptors (Lipinski definition) is 4. The Labute approximate surface area is 178 Å². The molecule has 0 aliphatic heterocycles. The summed E-state index contributed by atoms with van der Waals surface area (Å²) in [6.07, 6.45) is 1.85. The fraction of sp³-hybridized carbons (Fsp3) is 0.400. The molecule has 0 saturated heterocycles. The third kappa shape index (κ3) is 4.36. The predicted octanol–water partition coefficient (Wildman–Crippen LogP) is 5.00. The van der Waals surface area contributed by atoms with Crippen LogP contribution in [-0.2, 0) is 5.41 Å². The van der Waals surface area contributed by atoms with Crippen LogP contribution < -0.4 is 14.8 Å². The normalized spacial score (nSPS) is 11.6. The number of nitrogens with one attached hydrogen (secondary N) is 2. The zero-order chi connectivity index (χ0) is 21.7. The van der Waals surface area contributed by atoms with Gasteiger partial charge in [0.2, 0.25) is 0 Å². The lowest BCUT2D eigenvalue weighted by molar-refractivity contribution is 0.112. The van der Waals surface area contributed by atoms with E-state index in [0.29, 0.717) is 18.8 Å². The van der Waals surface area contributed by atoms with Gasteiger partial charge in [0.25, 0.3) is 0 Å². The zero-order valence-electron chi connectivity index (χ0n) is 18.6. The van der Waals surface area contributed by atoms with E-state index in [1.807, 2.05) is 44.3 Å². The maximum absolute atomic E-state index is 11.8. The molecule has 1 aromatic heterocycles. The topological polar surface area (TPSA) is 63.4 Å². The van der Waals surface area contributed by atoms with Crippen molar-refractivity contribution in [2.45, 2.75) is 39.5 Å². The minimum absolute atomic E-state index is 0.407. The molecule has 0 unspecified atom stereocenters. The lowest BCUT2D eigenvalue weighted by Crippen LogP contribution is -2.23. The lowest BCUT2D eigenvalue weighted by Gasteiger charge is -2.27. The molecule has 0 atom stereocenters. The maximum Gasteiger partial charge on any atom is 0.150 e. The average molecular weight is 409 g/mol. The van der Waals surface area contributed by atoms with Crippen LogP contribution in [-0.4, -0.2) is 38.1 Å². The first-order valence-corrected chi connectivity index (χ1v) is 10.5. The van der Waals surface area contributed by atoms with Crippen LogP contribution in [0.1, 0.15) is 54.4 Å². The van der Waals surface area contributed by atoms with Crippen molar-refractivity contribution in [2.24, 2.45) is 0 Å². The number of benzene rings is 2. The standard InChI is InChI=1S/C25H32N2O3/c1-6-29-20-10-11-21-17(2)24(27-23(21)15-20)25(3,4)22-14-19(9-8-18(22)16-28)30-13-7-12-26-5/h8-11,14-16,26-27H,6-7,12-13H2,1-5H3. The fourth-order valence-electron chi connectivity index (χ4n) is 4.04. The van der Waals surface area contributed by atoms with Gasteiger partial charge in [-0.05, 0) is 75.3 Å². The van der Waals surface area contributed by atoms with Crippen molar-refractivity contribution in [1.82, 2.24) is 10.3 Å². The van der Waals surface area contributed by atoms with Crippen LogP contribution in [0.4, 0.5) is 0 Å². The van der Waals surface area contributed by atoms with E-state index < -0.39 is 5.41 Å². The Morgan fingerprint density at radius 1 is 1.10 bits per heavy atom. The summed E-state index contributed by atoms with van der Waals surface area (Å²) < 4.78 is 11.6. The molecule has 2 N–H and O–H groups in total. The second-order valence-corrected chi connectivity index (χ2v) is 8.06. The zero-order valence-corrected chi connectivity index (χ0v) is 18.6. The van der Waals surface area contributed by atoms with Crippen molar-refractivity contribution in [1.29, 1.82) is 0 Å². The summed E-state index contributed by atoms with van der Waals surface area (Å²) in [5.41, 5.74) is 4.51. The summed E-state index contributed by atoms with van der Waals surface area (Å²) in [7, 11) is 1.93. The Balaban J connectivity index is 2.01. The highest BCUT2D eigenvalue weighted by molar-refractivity contribution is 5.87. The van der Waals surface area contributed by atoms with Gasteiger partial charge in [0.1, 0.15) is 17.8 Å². The summed E-state index contributed by atoms with van der Waals surface area (Å²) in [6.45, 7) is 10.5. The summed E-state index contributed by atoms with van der Waals surface area (Å²) in [4.78, 5) is 15.4. The number of aromatic amines is 1. The number of rotatable bonds is 10. The molecule has 160 valence electrons. The van der Waals surface area contributed by atoms with Crippen molar-refractivity contribution in [3.8, 4) is 11.5 Å². The van der Waals surface area contributed by atoms with Gasteiger partial charge in [-0.25, -0.2) is 0 Å². The molecular formula is C25H32N2O3. The Bertz CT molecular complexity index is 1020. The molecule has 3 aromatic rings. The van der Waals surface area contributed by atoms with Gasteiger partial charge in [-0.15, -0.1) is 0 Å². The first-order valence-electron chi connectivity index (χ1n) is 10.5. The maximum atomic E-state index is 11.8. The van der Waals surface area contributed by atoms with E-state index in [9.17, 15) is 4.79 Å². The van der Waals surface area contributed by atoms with Crippen molar-refractivity contribution >= 4 is 17.2 Å². The summed E-state index contributed by atoms with van der Waals surface area (Å²) in [6, 6.07) is 11.8. The van der Waals surface area contributed by atoms with E-state index in [-0.39, 0.29) is 0 Å². The number of H-pyrrole nitrogens is 1. The largest absolute Gasteiger partial charge is 0.494 e. The Morgan fingerprint density at radius 3 is 2.53 bits per heavy atom. The Hall–Kier alpha value is -2.79. The van der Waals surface area contributed by atoms with Crippen LogP contribution in [0.2, 0.25) is 0 Å². The molecule has 3 rings (SSSR count). The molecule has 5 heteroatoms. The molecule has 0 fully saturated rings. The number of aromatic nitrogens is 1. The molecule has 0 radical (unpaired) electrons. The smallest absolute Gasteiger partial charge is 0.150 e. The van der Waals surface area contributed by atoms with E-state index in [0.717, 1.165) is 52.9 Å². The lowest BCUT2D eigenvalue weighted by atomic mass is 9.77. The highest BCUT2D eigenvalue weighted by Crippen LogP contribution is 2.39. The van der Waals surface area contributed by atoms with E-state index >= 15 is 0 Å². The van der Waals surface area contributed by atoms with Crippen LogP contribution in [0.5, 0.6) is 11.5 Å². The van der Waals surface area contributed by atoms with Gasteiger partial charge in [0.15, 0.2) is 0 Å². The number of carbonyl (C=O) groups excluding carboxylic acids is 1. The van der Waals surface area contributed by atoms with Crippen LogP contribution in [0.25, 0.3) is 10.9 Å². The summed E-state index contributed by atoms with van der Waals surface area (Å²) in [5.74, 6) is 1.63. The van der Waals surface area contributed by atoms with Gasteiger partial charge in [0, 0.05) is 33.6 Å². The average Bonchev–Trinajstić information content (AvgIpc) is 3.08. The molecular weight excluding hydrogens is 376 g/mol. The minimum atomic E-state index is -0.407. The van der Waals surface area contributed by atoms with Crippen molar-refractivity contribution < 1.29 is 14.3 Å². The SMILES string of the molecule is CCOc1ccc2c(C)c(C(C)(C)c3cc(OCCCNC)ccc3C=O)[nH]c2c1. The molecule has 0 spiro atoms. The second kappa shape index (κ2) is 9.35. The van der Waals surface area contributed by atoms with Crippen molar-refractivity contribution in [3.63, 3.8) is 0 Å². The number of fused-ring (bicyclic) bond motifs is 1. The van der Waals surface area contributed by atoms with E-state index in [4.69, 9.17) is 9.47 Å². The number of ether oxygens (including phenoxy) is 2. The molecule has 0 aliphatic carbocycles. The summed E-state index contributed by atoms with van der Waals surface area (Å²) in [5, 5.41) is 4.28. The van der Waals surface area contributed by atoms with Crippen LogP contribution in [0.15, 0.2) is 36.4 Å². The number of hydrogen-bond donors (Lipinski definition) is 2. The van der Waals surface area contributed by atoms with Gasteiger partial charge in [-0.3, -0.25) is 4.79 Å². The van der Waals surface area contributed by atoms with Crippen LogP contribution in [0, 0.1) is 6.92 Å². The minimum Gasteiger partial charge on any atom is -0.494 e. The molecule has 0 aliphatic rings. The molecule has 0 bridgehead atoms. The number of aryl methyl sites for hydroxylation is 1. The van der Waals surface area contributed by atoms with E-state index in [1.165, 1.54) is 5.56 Å². The van der Waals surface area contributed by atoms with E-state index in [2.05, 4.69) is 37.1 Å². The van der Waals surface area contributed by atoms with Gasteiger partial charge in [-0.1, -0.05) is 13.8 Å². The van der Waals surface area contributed by atoms with Crippen molar-refractivity contribution in [3.05, 3.63) is 58.8 Å². The number of carbonyl (C=O) groups is 1. The first kappa shape index (κ1) is 21.9. The predicted molar refractivity (Wildman–Crippen MR) is 122 cm³/mol. The molecule has 30 heavy (non-hydrogen) atoms. The second-order valence-electron chi connectivity index (χ2n) is 8.06. The third-order valence-corrected chi connectivity index (χ3v) is 5.63. The van der Waals surface area contributed by atoms with Gasteiger partial charge in [-0.2, -0.15) is 0 Å². The van der Waals surface area contributed by atoms with Gasteiger partial charge in [0.05, 0.1) is 13.2 Å². The molecule has 1 heterocycles. The van der Waals surface area contributed by atoms with E-state index in [1.54, 1.807) is 0 Å². The highest BCUT2D eigenvalue weighted by atomic mass is 16.5. The monoisotopic (exact) mass is 408 g/mol. The third-order valence-electron chi connectivity index (χ3n) is 5.63. The quantitative estimate of drug-likeness (QED) is 0.366. The molecule has 0 saturated carbocycles. The van der Waals surface area contributed by atoms with Crippen molar-refractivity contribution in [2.75, 3.05) is 26.8 Å². The molecule has 5 nitrogen and oxygen atoms in total. The Kier molecular flexibility index (Phi) is 6.83. The first-order chi connectivity index (χ1) is 14.4. The molecule has 2 aromatic carbocycles. The molecule has 0 amide bonds. The van der Waals surface area contributed by atoms with Gasteiger partial charge >= 0.3 is 0 Å². The fourth-order valence-corrected chi connectivity index (χ4v) is 4.04. The van der Waals surface area contributed by atoms with Crippen LogP contribution in [0.3, 0.4) is 0 Å². The van der Waals surface area contributed by atoms with Crippen LogP contribution >= 0.6 is 0 Å². The highest BCUT2D eigenvalue weighted by Gasteiger charge is 2.30. The summed E-state index contributed by atoms with van der Waals surface area (Å²) >= 11 is 0. The van der Waals surface area contributed by atoms with Gasteiger partial charge < -0.3 is 19.8 Å².